The quantitative estimate of drug-likeness (QED) is 0.534. The van der Waals surface area contributed by atoms with E-state index < -0.39 is 0 Å². The molecule has 3 heteroatoms. The van der Waals surface area contributed by atoms with Crippen LogP contribution in [0.1, 0.15) is 23.1 Å². The van der Waals surface area contributed by atoms with Gasteiger partial charge >= 0.3 is 0 Å². The molecule has 0 saturated heterocycles. The molecule has 0 amide bonds. The molecular formula is C22H19N2O+. The first-order chi connectivity index (χ1) is 12.3. The Hall–Kier alpha value is -2.65. The van der Waals surface area contributed by atoms with Crippen molar-refractivity contribution in [1.29, 1.82) is 0 Å². The molecular weight excluding hydrogens is 308 g/mol. The molecule has 2 aromatic carbocycles. The molecule has 1 aliphatic carbocycles. The highest BCUT2D eigenvalue weighted by Gasteiger charge is 2.62. The van der Waals surface area contributed by atoms with Crippen molar-refractivity contribution >= 4 is 21.9 Å². The third kappa shape index (κ3) is 1.62. The Bertz CT molecular complexity index is 1170. The topological polar surface area (TPSA) is 29.1 Å². The highest BCUT2D eigenvalue weighted by Crippen LogP contribution is 2.56. The summed E-state index contributed by atoms with van der Waals surface area (Å²) in [5.74, 6) is 0.525. The number of nitrogens with zero attached hydrogens (tertiary/aromatic N) is 1. The van der Waals surface area contributed by atoms with Gasteiger partial charge in [-0.3, -0.25) is 0 Å². The van der Waals surface area contributed by atoms with Crippen LogP contribution in [0.5, 0.6) is 0 Å². The zero-order chi connectivity index (χ0) is 16.7. The van der Waals surface area contributed by atoms with E-state index in [9.17, 15) is 0 Å². The molecule has 3 nitrogen and oxygen atoms in total. The number of fused-ring (bicyclic) bond motifs is 10. The molecule has 3 unspecified atom stereocenters. The number of hydrogen-bond donors (Lipinski definition) is 1. The number of likely N-dealkylation sites (N-methyl/N-ethyl adjacent to an activating group) is 1. The molecule has 1 aliphatic heterocycles. The number of rotatable bonds is 1. The van der Waals surface area contributed by atoms with Crippen LogP contribution in [0.4, 0.5) is 0 Å². The fraction of sp³-hybridized carbons (Fsp3) is 0.227. The van der Waals surface area contributed by atoms with Crippen LogP contribution in [0, 0.1) is 6.92 Å². The maximum atomic E-state index is 6.34. The minimum absolute atomic E-state index is 0.494. The Morgan fingerprint density at radius 1 is 1.00 bits per heavy atom. The number of aryl methyl sites for hydroxylation is 1. The summed E-state index contributed by atoms with van der Waals surface area (Å²) < 4.78 is 8.79. The van der Waals surface area contributed by atoms with E-state index in [1.807, 2.05) is 6.07 Å². The van der Waals surface area contributed by atoms with Gasteiger partial charge in [-0.2, -0.15) is 4.57 Å². The maximum absolute atomic E-state index is 6.34. The minimum atomic E-state index is 0.494. The average Bonchev–Trinajstić information content (AvgIpc) is 3.26. The van der Waals surface area contributed by atoms with E-state index in [2.05, 4.69) is 72.5 Å². The van der Waals surface area contributed by atoms with Gasteiger partial charge in [-0.25, -0.2) is 0 Å². The summed E-state index contributed by atoms with van der Waals surface area (Å²) >= 11 is 0. The lowest BCUT2D eigenvalue weighted by molar-refractivity contribution is -0.693. The highest BCUT2D eigenvalue weighted by atomic mass is 16.3. The second kappa shape index (κ2) is 4.50. The van der Waals surface area contributed by atoms with Crippen molar-refractivity contribution in [2.24, 2.45) is 0 Å². The summed E-state index contributed by atoms with van der Waals surface area (Å²) in [6, 6.07) is 18.3. The lowest BCUT2D eigenvalue weighted by atomic mass is 9.94. The van der Waals surface area contributed by atoms with Gasteiger partial charge in [0.15, 0.2) is 12.2 Å². The number of nitrogens with one attached hydrogen (secondary N) is 1. The van der Waals surface area contributed by atoms with Crippen molar-refractivity contribution in [1.82, 2.24) is 5.32 Å². The monoisotopic (exact) mass is 327 g/mol. The molecule has 122 valence electrons. The third-order valence-corrected chi connectivity index (χ3v) is 5.96. The van der Waals surface area contributed by atoms with Gasteiger partial charge in [-0.15, -0.1) is 0 Å². The van der Waals surface area contributed by atoms with Gasteiger partial charge in [0.1, 0.15) is 11.2 Å². The van der Waals surface area contributed by atoms with Crippen molar-refractivity contribution in [3.8, 4) is 11.3 Å². The first-order valence-corrected chi connectivity index (χ1v) is 8.91. The van der Waals surface area contributed by atoms with E-state index in [1.54, 1.807) is 0 Å². The summed E-state index contributed by atoms with van der Waals surface area (Å²) in [6.07, 6.45) is 2.29. The average molecular weight is 327 g/mol. The summed E-state index contributed by atoms with van der Waals surface area (Å²) in [7, 11) is 2.07. The maximum Gasteiger partial charge on any atom is 0.216 e. The van der Waals surface area contributed by atoms with Gasteiger partial charge in [0, 0.05) is 22.4 Å². The Labute approximate surface area is 145 Å². The predicted molar refractivity (Wildman–Crippen MR) is 98.7 cm³/mol. The van der Waals surface area contributed by atoms with E-state index in [4.69, 9.17) is 4.42 Å². The van der Waals surface area contributed by atoms with Crippen LogP contribution >= 0.6 is 0 Å². The van der Waals surface area contributed by atoms with Crippen LogP contribution < -0.4 is 9.88 Å². The molecule has 1 saturated carbocycles. The molecule has 25 heavy (non-hydrogen) atoms. The lowest BCUT2D eigenvalue weighted by Gasteiger charge is -2.14. The van der Waals surface area contributed by atoms with Gasteiger partial charge in [0.25, 0.3) is 0 Å². The van der Waals surface area contributed by atoms with Crippen molar-refractivity contribution in [3.05, 3.63) is 65.9 Å². The Morgan fingerprint density at radius 3 is 2.76 bits per heavy atom. The summed E-state index contributed by atoms with van der Waals surface area (Å²) in [5, 5.41) is 5.91. The normalized spacial score (nSPS) is 23.4. The number of benzene rings is 2. The Morgan fingerprint density at radius 2 is 1.88 bits per heavy atom. The molecule has 2 aromatic heterocycles. The predicted octanol–water partition coefficient (Wildman–Crippen LogP) is 4.09. The van der Waals surface area contributed by atoms with Crippen LogP contribution in [0.15, 0.2) is 59.1 Å². The largest absolute Gasteiger partial charge is 0.455 e. The molecule has 4 aromatic rings. The van der Waals surface area contributed by atoms with E-state index in [0.29, 0.717) is 18.0 Å². The van der Waals surface area contributed by atoms with E-state index in [-0.39, 0.29) is 0 Å². The van der Waals surface area contributed by atoms with Crippen molar-refractivity contribution in [3.63, 3.8) is 0 Å². The molecule has 0 radical (unpaired) electrons. The van der Waals surface area contributed by atoms with Gasteiger partial charge in [0.05, 0.1) is 17.5 Å². The van der Waals surface area contributed by atoms with Gasteiger partial charge < -0.3 is 9.73 Å². The summed E-state index contributed by atoms with van der Waals surface area (Å²) in [6.45, 7) is 2.16. The smallest absolute Gasteiger partial charge is 0.216 e. The van der Waals surface area contributed by atoms with Crippen LogP contribution in [-0.4, -0.2) is 13.1 Å². The van der Waals surface area contributed by atoms with E-state index in [1.165, 1.54) is 33.2 Å². The van der Waals surface area contributed by atoms with E-state index >= 15 is 0 Å². The fourth-order valence-electron chi connectivity index (χ4n) is 4.80. The van der Waals surface area contributed by atoms with Gasteiger partial charge in [0.2, 0.25) is 5.69 Å². The van der Waals surface area contributed by atoms with Crippen LogP contribution in [0.2, 0.25) is 0 Å². The van der Waals surface area contributed by atoms with E-state index in [0.717, 1.165) is 11.2 Å². The minimum Gasteiger partial charge on any atom is -0.455 e. The zero-order valence-corrected chi connectivity index (χ0v) is 14.3. The number of para-hydroxylation sites is 1. The number of furan rings is 1. The molecule has 0 spiro atoms. The molecule has 2 aliphatic rings. The number of pyridine rings is 1. The van der Waals surface area contributed by atoms with Crippen molar-refractivity contribution in [2.45, 2.75) is 24.9 Å². The lowest BCUT2D eigenvalue weighted by Crippen LogP contribution is -2.39. The van der Waals surface area contributed by atoms with Gasteiger partial charge in [-0.05, 0) is 31.7 Å². The van der Waals surface area contributed by atoms with Crippen LogP contribution in [-0.2, 0) is 0 Å². The molecule has 0 bridgehead atoms. The Balaban J connectivity index is 1.76. The molecule has 3 atom stereocenters. The molecule has 1 N–H and O–H groups in total. The standard InChI is InChI=1S/C22H19N2O/c1-12-7-10-16-18-15(19-20(23-2)21(19)24(16)11-12)9-8-14-13-5-3-4-6-17(13)25-22(14)18/h3-11,19-21,23H,1-2H3/q+1. The molecule has 6 rings (SSSR count). The molecule has 1 fully saturated rings. The molecule has 3 heterocycles. The first kappa shape index (κ1) is 13.6. The Kier molecular flexibility index (Phi) is 2.45. The second-order valence-electron chi connectivity index (χ2n) is 7.33. The zero-order valence-electron chi connectivity index (χ0n) is 14.3. The van der Waals surface area contributed by atoms with Crippen molar-refractivity contribution in [2.75, 3.05) is 7.05 Å². The summed E-state index contributed by atoms with van der Waals surface area (Å²) in [5.41, 5.74) is 7.24. The van der Waals surface area contributed by atoms with Crippen LogP contribution in [0.25, 0.3) is 33.2 Å². The SMILES string of the molecule is CNC1C2c3ccc4c(oc5ccccc54)c3-c3ccc(C)c[n+]3C12. The third-order valence-electron chi connectivity index (χ3n) is 5.96. The van der Waals surface area contributed by atoms with Crippen LogP contribution in [0.3, 0.4) is 0 Å². The van der Waals surface area contributed by atoms with Crippen molar-refractivity contribution < 1.29 is 8.98 Å². The fourth-order valence-corrected chi connectivity index (χ4v) is 4.80. The second-order valence-corrected chi connectivity index (χ2v) is 7.33. The number of aromatic nitrogens is 1. The first-order valence-electron chi connectivity index (χ1n) is 8.91. The van der Waals surface area contributed by atoms with Gasteiger partial charge in [-0.1, -0.05) is 30.3 Å². The number of hydrogen-bond acceptors (Lipinski definition) is 2. The highest BCUT2D eigenvalue weighted by molar-refractivity contribution is 6.10. The summed E-state index contributed by atoms with van der Waals surface area (Å²) in [4.78, 5) is 0.